The summed E-state index contributed by atoms with van der Waals surface area (Å²) in [6.07, 6.45) is 0. The minimum Gasteiger partial charge on any atom is -0.508 e. The van der Waals surface area contributed by atoms with Gasteiger partial charge in [-0.15, -0.1) is 0 Å². The molecule has 1 rings (SSSR count). The number of nitrogens with zero attached hydrogens (tertiary/aromatic N) is 1. The van der Waals surface area contributed by atoms with Crippen LogP contribution in [0.5, 0.6) is 5.75 Å². The van der Waals surface area contributed by atoms with Crippen molar-refractivity contribution < 1.29 is 9.32 Å². The molecule has 0 aliphatic carbocycles. The van der Waals surface area contributed by atoms with Crippen LogP contribution in [0.1, 0.15) is 26.3 Å². The molecule has 3 nitrogen and oxygen atoms in total. The van der Waals surface area contributed by atoms with Crippen molar-refractivity contribution in [2.45, 2.75) is 32.1 Å². The van der Waals surface area contributed by atoms with Crippen LogP contribution in [0, 0.1) is 0 Å². The number of phenolic OH excluding ortho intramolecular Hbond substituents is 1. The molecule has 0 aromatic heterocycles. The van der Waals surface area contributed by atoms with Gasteiger partial charge in [0.2, 0.25) is 0 Å². The second-order valence-corrected chi connectivity index (χ2v) is 7.12. The van der Waals surface area contributed by atoms with E-state index in [2.05, 4.69) is 0 Å². The lowest BCUT2D eigenvalue weighted by atomic mass is 10.2. The van der Waals surface area contributed by atoms with Crippen LogP contribution >= 0.6 is 0 Å². The molecule has 1 aromatic carbocycles. The molecular formula is C12H19NO2S. The molecule has 0 unspecified atom stereocenters. The van der Waals surface area contributed by atoms with Gasteiger partial charge in [-0.2, -0.15) is 0 Å². The van der Waals surface area contributed by atoms with Gasteiger partial charge < -0.3 is 5.11 Å². The van der Waals surface area contributed by atoms with Gasteiger partial charge in [0.15, 0.2) is 0 Å². The minimum absolute atomic E-state index is 0.250. The SMILES string of the molecule is CN(Cc1ccccc1O)[S@@](=O)C(C)(C)C. The van der Waals surface area contributed by atoms with E-state index in [4.69, 9.17) is 0 Å². The molecule has 90 valence electrons. The van der Waals surface area contributed by atoms with Crippen molar-refractivity contribution in [2.24, 2.45) is 0 Å². The third-order valence-corrected chi connectivity index (χ3v) is 3.93. The van der Waals surface area contributed by atoms with Crippen molar-refractivity contribution in [2.75, 3.05) is 7.05 Å². The summed E-state index contributed by atoms with van der Waals surface area (Å²) in [5.41, 5.74) is 0.794. The van der Waals surface area contributed by atoms with Gasteiger partial charge in [-0.3, -0.25) is 0 Å². The second-order valence-electron chi connectivity index (χ2n) is 4.78. The molecule has 0 saturated heterocycles. The Morgan fingerprint density at radius 3 is 2.38 bits per heavy atom. The number of hydrogen-bond donors (Lipinski definition) is 1. The summed E-state index contributed by atoms with van der Waals surface area (Å²) in [6, 6.07) is 7.12. The van der Waals surface area contributed by atoms with E-state index in [1.807, 2.05) is 32.9 Å². The number of hydrogen-bond acceptors (Lipinski definition) is 2. The van der Waals surface area contributed by atoms with Gasteiger partial charge in [0.05, 0.1) is 15.7 Å². The zero-order valence-corrected chi connectivity index (χ0v) is 11.0. The summed E-state index contributed by atoms with van der Waals surface area (Å²) >= 11 is 0. The fraction of sp³-hybridized carbons (Fsp3) is 0.500. The zero-order chi connectivity index (χ0) is 12.3. The standard InChI is InChI=1S/C12H19NO2S/c1-12(2,3)16(15)13(4)9-10-7-5-6-8-11(10)14/h5-8,14H,9H2,1-4H3/t16-/m0/s1. The van der Waals surface area contributed by atoms with Crippen LogP contribution < -0.4 is 0 Å². The molecule has 0 spiro atoms. The topological polar surface area (TPSA) is 40.5 Å². The van der Waals surface area contributed by atoms with Crippen molar-refractivity contribution in [1.29, 1.82) is 0 Å². The molecule has 1 N–H and O–H groups in total. The van der Waals surface area contributed by atoms with Crippen LogP contribution in [0.25, 0.3) is 0 Å². The molecule has 1 aromatic rings. The first-order valence-corrected chi connectivity index (χ1v) is 6.33. The Kier molecular flexibility index (Phi) is 4.10. The lowest BCUT2D eigenvalue weighted by Gasteiger charge is -2.25. The Hall–Kier alpha value is -0.870. The van der Waals surface area contributed by atoms with Crippen molar-refractivity contribution in [3.8, 4) is 5.75 Å². The summed E-state index contributed by atoms with van der Waals surface area (Å²) in [4.78, 5) is 0. The van der Waals surface area contributed by atoms with Gasteiger partial charge in [-0.25, -0.2) is 8.51 Å². The monoisotopic (exact) mass is 241 g/mol. The summed E-state index contributed by atoms with van der Waals surface area (Å²) < 4.78 is 13.5. The minimum atomic E-state index is -1.07. The molecule has 0 amide bonds. The molecule has 0 bridgehead atoms. The maximum atomic E-state index is 12.0. The van der Waals surface area contributed by atoms with Crippen molar-refractivity contribution >= 4 is 11.0 Å². The number of rotatable bonds is 3. The summed E-state index contributed by atoms with van der Waals surface area (Å²) in [5, 5.41) is 9.62. The molecule has 0 aliphatic rings. The number of para-hydroxylation sites is 1. The van der Waals surface area contributed by atoms with Crippen molar-refractivity contribution in [1.82, 2.24) is 4.31 Å². The van der Waals surface area contributed by atoms with Gasteiger partial charge in [0.1, 0.15) is 5.75 Å². The van der Waals surface area contributed by atoms with Gasteiger partial charge in [-0.1, -0.05) is 18.2 Å². The fourth-order valence-electron chi connectivity index (χ4n) is 1.41. The molecule has 0 fully saturated rings. The quantitative estimate of drug-likeness (QED) is 0.882. The first-order chi connectivity index (χ1) is 7.32. The van der Waals surface area contributed by atoms with Gasteiger partial charge in [0, 0.05) is 19.2 Å². The Labute approximate surface area is 99.7 Å². The van der Waals surface area contributed by atoms with E-state index in [1.54, 1.807) is 23.5 Å². The number of phenols is 1. The van der Waals surface area contributed by atoms with Gasteiger partial charge >= 0.3 is 0 Å². The van der Waals surface area contributed by atoms with Crippen molar-refractivity contribution in [3.63, 3.8) is 0 Å². The smallest absolute Gasteiger partial charge is 0.120 e. The van der Waals surface area contributed by atoms with Gasteiger partial charge in [-0.05, 0) is 26.8 Å². The average molecular weight is 241 g/mol. The molecule has 0 saturated carbocycles. The van der Waals surface area contributed by atoms with Crippen LogP contribution in [0.15, 0.2) is 24.3 Å². The average Bonchev–Trinajstić information content (AvgIpc) is 2.19. The molecule has 0 radical (unpaired) electrons. The van der Waals surface area contributed by atoms with Crippen molar-refractivity contribution in [3.05, 3.63) is 29.8 Å². The molecular weight excluding hydrogens is 222 g/mol. The molecule has 16 heavy (non-hydrogen) atoms. The Morgan fingerprint density at radius 1 is 1.31 bits per heavy atom. The summed E-state index contributed by atoms with van der Waals surface area (Å²) in [5.74, 6) is 0.250. The van der Waals surface area contributed by atoms with E-state index < -0.39 is 11.0 Å². The van der Waals surface area contributed by atoms with Gasteiger partial charge in [0.25, 0.3) is 0 Å². The lowest BCUT2D eigenvalue weighted by molar-refractivity contribution is 0.445. The number of benzene rings is 1. The first kappa shape index (κ1) is 13.2. The Morgan fingerprint density at radius 2 is 1.88 bits per heavy atom. The molecule has 0 heterocycles. The van der Waals surface area contributed by atoms with E-state index in [9.17, 15) is 9.32 Å². The Balaban J connectivity index is 2.76. The summed E-state index contributed by atoms with van der Waals surface area (Å²) in [7, 11) is 0.731. The zero-order valence-electron chi connectivity index (χ0n) is 10.2. The maximum Gasteiger partial charge on any atom is 0.120 e. The highest BCUT2D eigenvalue weighted by molar-refractivity contribution is 7.84. The fourth-order valence-corrected chi connectivity index (χ4v) is 2.60. The lowest BCUT2D eigenvalue weighted by Crippen LogP contribution is -2.34. The van der Waals surface area contributed by atoms with Crippen LogP contribution in [-0.2, 0) is 17.5 Å². The molecule has 4 heteroatoms. The highest BCUT2D eigenvalue weighted by atomic mass is 32.2. The van der Waals surface area contributed by atoms with E-state index in [0.717, 1.165) is 5.56 Å². The maximum absolute atomic E-state index is 12.0. The van der Waals surface area contributed by atoms with E-state index in [0.29, 0.717) is 6.54 Å². The predicted molar refractivity (Wildman–Crippen MR) is 67.5 cm³/mol. The van der Waals surface area contributed by atoms with Crippen LogP contribution in [0.3, 0.4) is 0 Å². The van der Waals surface area contributed by atoms with Crippen LogP contribution in [0.2, 0.25) is 0 Å². The highest BCUT2D eigenvalue weighted by Gasteiger charge is 2.23. The number of aromatic hydroxyl groups is 1. The van der Waals surface area contributed by atoms with Crippen LogP contribution in [-0.4, -0.2) is 25.4 Å². The summed E-state index contributed by atoms with van der Waals surface area (Å²) in [6.45, 7) is 6.29. The third-order valence-electron chi connectivity index (χ3n) is 2.19. The first-order valence-electron chi connectivity index (χ1n) is 5.22. The largest absolute Gasteiger partial charge is 0.508 e. The van der Waals surface area contributed by atoms with E-state index in [-0.39, 0.29) is 10.5 Å². The van der Waals surface area contributed by atoms with E-state index >= 15 is 0 Å². The predicted octanol–water partition coefficient (Wildman–Crippen LogP) is 2.29. The molecule has 1 atom stereocenters. The van der Waals surface area contributed by atoms with E-state index in [1.165, 1.54) is 0 Å². The molecule has 0 aliphatic heterocycles. The second kappa shape index (κ2) is 4.97. The third kappa shape index (κ3) is 3.32. The normalized spacial score (nSPS) is 14.1. The highest BCUT2D eigenvalue weighted by Crippen LogP contribution is 2.21. The Bertz CT molecular complexity index is 385. The van der Waals surface area contributed by atoms with Crippen LogP contribution in [0.4, 0.5) is 0 Å².